The Bertz CT molecular complexity index is 469. The normalized spacial score (nSPS) is 17.8. The molecule has 110 valence electrons. The lowest BCUT2D eigenvalue weighted by Gasteiger charge is -2.23. The van der Waals surface area contributed by atoms with Gasteiger partial charge in [-0.3, -0.25) is 9.59 Å². The van der Waals surface area contributed by atoms with E-state index in [1.165, 1.54) is 0 Å². The van der Waals surface area contributed by atoms with Crippen molar-refractivity contribution >= 4 is 29.9 Å². The average Bonchev–Trinajstić information content (AvgIpc) is 2.40. The first kappa shape index (κ1) is 16.3. The van der Waals surface area contributed by atoms with Gasteiger partial charge in [0.05, 0.1) is 0 Å². The molecule has 1 fully saturated rings. The molecule has 4 N–H and O–H groups in total. The number of piperidine rings is 1. The maximum absolute atomic E-state index is 11.8. The van der Waals surface area contributed by atoms with Crippen LogP contribution in [0.25, 0.3) is 0 Å². The summed E-state index contributed by atoms with van der Waals surface area (Å²) in [5, 5.41) is 5.68. The van der Waals surface area contributed by atoms with Gasteiger partial charge >= 0.3 is 0 Å². The lowest BCUT2D eigenvalue weighted by molar-refractivity contribution is -0.125. The van der Waals surface area contributed by atoms with E-state index in [4.69, 9.17) is 5.73 Å². The molecule has 1 heterocycles. The summed E-state index contributed by atoms with van der Waals surface area (Å²) >= 11 is 0. The van der Waals surface area contributed by atoms with E-state index in [1.807, 2.05) is 24.3 Å². The standard InChI is InChI=1S/C14H19N3O2.ClH/c15-12-4-2-1-3-10(12)5-7-14(19)17-11-6-8-13(18)16-9-11;/h1-4,11H,5-9,15H2,(H,16,18)(H,17,19);1H. The quantitative estimate of drug-likeness (QED) is 0.726. The van der Waals surface area contributed by atoms with Crippen LogP contribution in [0.1, 0.15) is 24.8 Å². The number of halogens is 1. The number of aryl methyl sites for hydroxylation is 1. The Balaban J connectivity index is 0.00000200. The fourth-order valence-electron chi connectivity index (χ4n) is 2.17. The number of carbonyl (C=O) groups excluding carboxylic acids is 2. The van der Waals surface area contributed by atoms with Crippen molar-refractivity contribution in [3.05, 3.63) is 29.8 Å². The fourth-order valence-corrected chi connectivity index (χ4v) is 2.17. The Morgan fingerprint density at radius 1 is 1.40 bits per heavy atom. The number of nitrogens with one attached hydrogen (secondary N) is 2. The molecule has 5 nitrogen and oxygen atoms in total. The summed E-state index contributed by atoms with van der Waals surface area (Å²) in [7, 11) is 0. The van der Waals surface area contributed by atoms with E-state index in [-0.39, 0.29) is 30.3 Å². The molecule has 0 aliphatic carbocycles. The fraction of sp³-hybridized carbons (Fsp3) is 0.429. The largest absolute Gasteiger partial charge is 0.399 e. The summed E-state index contributed by atoms with van der Waals surface area (Å²) in [4.78, 5) is 22.8. The number of amides is 2. The predicted octanol–water partition coefficient (Wildman–Crippen LogP) is 1.02. The minimum absolute atomic E-state index is 0. The van der Waals surface area contributed by atoms with Gasteiger partial charge in [-0.15, -0.1) is 12.4 Å². The van der Waals surface area contributed by atoms with E-state index < -0.39 is 0 Å². The molecule has 6 heteroatoms. The molecule has 2 rings (SSSR count). The van der Waals surface area contributed by atoms with Gasteiger partial charge in [-0.1, -0.05) is 18.2 Å². The van der Waals surface area contributed by atoms with Crippen LogP contribution in [0.15, 0.2) is 24.3 Å². The second-order valence-corrected chi connectivity index (χ2v) is 4.81. The van der Waals surface area contributed by atoms with Crippen LogP contribution in [-0.2, 0) is 16.0 Å². The van der Waals surface area contributed by atoms with Crippen LogP contribution in [0, 0.1) is 0 Å². The zero-order valence-electron chi connectivity index (χ0n) is 11.2. The van der Waals surface area contributed by atoms with E-state index in [0.717, 1.165) is 11.3 Å². The third kappa shape index (κ3) is 4.74. The van der Waals surface area contributed by atoms with Crippen LogP contribution in [0.3, 0.4) is 0 Å². The Kier molecular flexibility index (Phi) is 6.31. The molecule has 0 saturated carbocycles. The van der Waals surface area contributed by atoms with E-state index in [9.17, 15) is 9.59 Å². The van der Waals surface area contributed by atoms with Crippen molar-refractivity contribution in [3.63, 3.8) is 0 Å². The van der Waals surface area contributed by atoms with Crippen LogP contribution < -0.4 is 16.4 Å². The van der Waals surface area contributed by atoms with Crippen molar-refractivity contribution in [1.82, 2.24) is 10.6 Å². The third-order valence-electron chi connectivity index (χ3n) is 3.31. The van der Waals surface area contributed by atoms with Crippen molar-refractivity contribution in [2.75, 3.05) is 12.3 Å². The molecule has 0 aromatic heterocycles. The number of nitrogen functional groups attached to an aromatic ring is 1. The third-order valence-corrected chi connectivity index (χ3v) is 3.31. The number of carbonyl (C=O) groups is 2. The molecule has 20 heavy (non-hydrogen) atoms. The molecule has 0 radical (unpaired) electrons. The number of rotatable bonds is 4. The molecule has 1 saturated heterocycles. The highest BCUT2D eigenvalue weighted by Crippen LogP contribution is 2.12. The topological polar surface area (TPSA) is 84.2 Å². The van der Waals surface area contributed by atoms with E-state index >= 15 is 0 Å². The highest BCUT2D eigenvalue weighted by atomic mass is 35.5. The number of para-hydroxylation sites is 1. The van der Waals surface area contributed by atoms with E-state index in [0.29, 0.717) is 32.2 Å². The molecule has 1 aromatic carbocycles. The molecule has 1 atom stereocenters. The monoisotopic (exact) mass is 297 g/mol. The molecular formula is C14H20ClN3O2. The van der Waals surface area contributed by atoms with Crippen LogP contribution in [0.5, 0.6) is 0 Å². The first-order chi connectivity index (χ1) is 9.15. The zero-order chi connectivity index (χ0) is 13.7. The first-order valence-electron chi connectivity index (χ1n) is 6.54. The number of hydrogen-bond acceptors (Lipinski definition) is 3. The van der Waals surface area contributed by atoms with Crippen LogP contribution in [0.2, 0.25) is 0 Å². The lowest BCUT2D eigenvalue weighted by Crippen LogP contribution is -2.47. The number of hydrogen-bond donors (Lipinski definition) is 3. The summed E-state index contributed by atoms with van der Waals surface area (Å²) in [5.41, 5.74) is 7.54. The molecule has 0 spiro atoms. The van der Waals surface area contributed by atoms with Gasteiger partial charge in [0.15, 0.2) is 0 Å². The Hall–Kier alpha value is -1.75. The van der Waals surface area contributed by atoms with Crippen LogP contribution in [0.4, 0.5) is 5.69 Å². The summed E-state index contributed by atoms with van der Waals surface area (Å²) in [5.74, 6) is 0.0620. The maximum Gasteiger partial charge on any atom is 0.220 e. The van der Waals surface area contributed by atoms with Gasteiger partial charge in [0.25, 0.3) is 0 Å². The van der Waals surface area contributed by atoms with Gasteiger partial charge in [-0.25, -0.2) is 0 Å². The predicted molar refractivity (Wildman–Crippen MR) is 80.6 cm³/mol. The summed E-state index contributed by atoms with van der Waals surface area (Å²) < 4.78 is 0. The van der Waals surface area contributed by atoms with Gasteiger partial charge in [-0.2, -0.15) is 0 Å². The Morgan fingerprint density at radius 2 is 2.15 bits per heavy atom. The summed E-state index contributed by atoms with van der Waals surface area (Å²) in [6.45, 7) is 0.526. The number of nitrogens with two attached hydrogens (primary N) is 1. The van der Waals surface area contributed by atoms with Gasteiger partial charge in [0, 0.05) is 31.1 Å². The summed E-state index contributed by atoms with van der Waals surface area (Å²) in [6.07, 6.45) is 2.25. The Morgan fingerprint density at radius 3 is 2.80 bits per heavy atom. The molecule has 1 unspecified atom stereocenters. The van der Waals surface area contributed by atoms with Gasteiger partial charge in [-0.05, 0) is 24.5 Å². The van der Waals surface area contributed by atoms with Crippen LogP contribution >= 0.6 is 12.4 Å². The van der Waals surface area contributed by atoms with Crippen molar-refractivity contribution in [3.8, 4) is 0 Å². The van der Waals surface area contributed by atoms with Gasteiger partial charge in [0.2, 0.25) is 11.8 Å². The summed E-state index contributed by atoms with van der Waals surface area (Å²) in [6, 6.07) is 7.62. The zero-order valence-corrected chi connectivity index (χ0v) is 12.0. The van der Waals surface area contributed by atoms with E-state index in [2.05, 4.69) is 10.6 Å². The number of benzene rings is 1. The highest BCUT2D eigenvalue weighted by molar-refractivity contribution is 5.85. The molecule has 2 amide bonds. The Labute approximate surface area is 124 Å². The van der Waals surface area contributed by atoms with Crippen LogP contribution in [-0.4, -0.2) is 24.4 Å². The average molecular weight is 298 g/mol. The molecular weight excluding hydrogens is 278 g/mol. The first-order valence-corrected chi connectivity index (χ1v) is 6.54. The SMILES string of the molecule is Cl.Nc1ccccc1CCC(=O)NC1CCC(=O)NC1. The second-order valence-electron chi connectivity index (χ2n) is 4.81. The van der Waals surface area contributed by atoms with Crippen molar-refractivity contribution < 1.29 is 9.59 Å². The molecule has 0 bridgehead atoms. The minimum atomic E-state index is 0. The minimum Gasteiger partial charge on any atom is -0.399 e. The van der Waals surface area contributed by atoms with Crippen molar-refractivity contribution in [2.45, 2.75) is 31.7 Å². The number of anilines is 1. The van der Waals surface area contributed by atoms with Gasteiger partial charge in [0.1, 0.15) is 0 Å². The maximum atomic E-state index is 11.8. The van der Waals surface area contributed by atoms with Crippen molar-refractivity contribution in [2.24, 2.45) is 0 Å². The van der Waals surface area contributed by atoms with Crippen molar-refractivity contribution in [1.29, 1.82) is 0 Å². The highest BCUT2D eigenvalue weighted by Gasteiger charge is 2.19. The van der Waals surface area contributed by atoms with E-state index in [1.54, 1.807) is 0 Å². The lowest BCUT2D eigenvalue weighted by atomic mass is 10.1. The smallest absolute Gasteiger partial charge is 0.220 e. The van der Waals surface area contributed by atoms with Gasteiger partial charge < -0.3 is 16.4 Å². The second kappa shape index (κ2) is 7.75. The molecule has 1 aliphatic heterocycles. The molecule has 1 aromatic rings. The molecule has 1 aliphatic rings.